The maximum absolute atomic E-state index is 14.6. The van der Waals surface area contributed by atoms with Crippen molar-refractivity contribution in [2.24, 2.45) is 0 Å². The minimum Gasteiger partial charge on any atom is -0.353 e. The monoisotopic (exact) mass is 509 g/mol. The predicted octanol–water partition coefficient (Wildman–Crippen LogP) is 5.67. The topological polar surface area (TPSA) is 95.2 Å². The third-order valence-electron chi connectivity index (χ3n) is 6.12. The van der Waals surface area contributed by atoms with Crippen molar-refractivity contribution in [1.82, 2.24) is 34.9 Å². The van der Waals surface area contributed by atoms with E-state index in [1.54, 1.807) is 18.6 Å². The number of aromatic amines is 2. The number of halogens is 1. The summed E-state index contributed by atoms with van der Waals surface area (Å²) in [4.78, 5) is 16.3. The Hall–Kier alpha value is -4.34. The molecule has 37 heavy (non-hydrogen) atoms. The summed E-state index contributed by atoms with van der Waals surface area (Å²) in [5, 5.41) is 9.55. The highest BCUT2D eigenvalue weighted by Gasteiger charge is 2.16. The number of fused-ring (bicyclic) bond motifs is 2. The van der Waals surface area contributed by atoms with Gasteiger partial charge < -0.3 is 4.98 Å². The number of aromatic nitrogens is 6. The van der Waals surface area contributed by atoms with E-state index in [1.165, 1.54) is 18.5 Å². The first-order valence-corrected chi connectivity index (χ1v) is 13.9. The van der Waals surface area contributed by atoms with Gasteiger partial charge in [0.25, 0.3) is 0 Å². The number of rotatable bonds is 6. The molecule has 0 aliphatic heterocycles. The summed E-state index contributed by atoms with van der Waals surface area (Å²) in [6, 6.07) is 15.0. The van der Waals surface area contributed by atoms with Gasteiger partial charge in [0.05, 0.1) is 16.9 Å². The van der Waals surface area contributed by atoms with Crippen LogP contribution in [0.1, 0.15) is 5.56 Å². The van der Waals surface area contributed by atoms with Crippen LogP contribution in [-0.2, 0) is 6.54 Å². The van der Waals surface area contributed by atoms with E-state index < -0.39 is 9.39 Å². The number of nitrogens with zero attached hydrogens (tertiary/aromatic N) is 4. The van der Waals surface area contributed by atoms with Gasteiger partial charge in [0.2, 0.25) is 0 Å². The van der Waals surface area contributed by atoms with Gasteiger partial charge in [-0.3, -0.25) is 14.8 Å². The van der Waals surface area contributed by atoms with Crippen LogP contribution in [0, 0.1) is 5.82 Å². The van der Waals surface area contributed by atoms with Crippen molar-refractivity contribution in [2.75, 3.05) is 6.26 Å². The van der Waals surface area contributed by atoms with Gasteiger partial charge in [0.1, 0.15) is 17.8 Å². The van der Waals surface area contributed by atoms with Crippen LogP contribution in [0.25, 0.3) is 55.6 Å². The Balaban J connectivity index is 1.44. The predicted molar refractivity (Wildman–Crippen MR) is 152 cm³/mol. The molecule has 0 aliphatic rings. The first-order chi connectivity index (χ1) is 17.8. The van der Waals surface area contributed by atoms with Crippen LogP contribution < -0.4 is 4.72 Å². The van der Waals surface area contributed by atoms with Crippen LogP contribution in [0.4, 0.5) is 4.39 Å². The largest absolute Gasteiger partial charge is 0.353 e. The molecule has 9 heteroatoms. The Labute approximate surface area is 213 Å². The first-order valence-electron chi connectivity index (χ1n) is 11.5. The third-order valence-corrected chi connectivity index (χ3v) is 6.96. The number of hydrogen-bond acceptors (Lipinski definition) is 5. The molecule has 4 heterocycles. The van der Waals surface area contributed by atoms with E-state index >= 15 is 0 Å². The highest BCUT2D eigenvalue weighted by atomic mass is 32.2. The minimum atomic E-state index is -1.42. The standard InChI is InChI=1S/C28H24FN7S/c1-37(2,3)33-13-17-8-19(10-21(29)9-17)27-23-12-26(34-24(23)6-7-32-27)28-22-11-18(4-5-25(22)35-36-28)20-14-30-16-31-15-20/h4-12,14-16,33-34H,1-2,13H2,3H3,(H,35,36). The molecule has 184 valence electrons. The van der Waals surface area contributed by atoms with E-state index in [-0.39, 0.29) is 5.82 Å². The molecule has 0 aliphatic carbocycles. The molecule has 0 fully saturated rings. The molecule has 0 unspecified atom stereocenters. The molecule has 0 amide bonds. The Morgan fingerprint density at radius 1 is 0.892 bits per heavy atom. The molecule has 0 saturated carbocycles. The molecule has 0 spiro atoms. The van der Waals surface area contributed by atoms with Crippen LogP contribution >= 0.6 is 9.39 Å². The minimum absolute atomic E-state index is 0.315. The lowest BCUT2D eigenvalue weighted by Gasteiger charge is -2.12. The zero-order valence-corrected chi connectivity index (χ0v) is 20.9. The fourth-order valence-electron chi connectivity index (χ4n) is 4.41. The molecule has 2 aromatic carbocycles. The number of H-pyrrole nitrogens is 2. The van der Waals surface area contributed by atoms with Gasteiger partial charge >= 0.3 is 0 Å². The Morgan fingerprint density at radius 2 is 1.70 bits per heavy atom. The fourth-order valence-corrected chi connectivity index (χ4v) is 4.92. The number of benzene rings is 2. The lowest BCUT2D eigenvalue weighted by molar-refractivity contribution is 0.625. The summed E-state index contributed by atoms with van der Waals surface area (Å²) in [6.07, 6.45) is 8.76. The molecule has 6 rings (SSSR count). The second-order valence-corrected chi connectivity index (χ2v) is 12.0. The van der Waals surface area contributed by atoms with E-state index in [9.17, 15) is 4.39 Å². The summed E-state index contributed by atoms with van der Waals surface area (Å²) in [6.45, 7) is 0.478. The number of nitrogens with one attached hydrogen (secondary N) is 3. The Kier molecular flexibility index (Phi) is 5.58. The van der Waals surface area contributed by atoms with Crippen molar-refractivity contribution < 1.29 is 4.39 Å². The van der Waals surface area contributed by atoms with E-state index in [1.807, 2.05) is 36.6 Å². The SMILES string of the molecule is C=S(=C)(C)NCc1cc(F)cc(-c2nccc3[nH]c(-c4n[nH]c5ccc(-c6cncnc6)cc45)cc23)c1. The average Bonchev–Trinajstić information content (AvgIpc) is 3.51. The summed E-state index contributed by atoms with van der Waals surface area (Å²) >= 11 is 0. The molecule has 0 saturated heterocycles. The van der Waals surface area contributed by atoms with Crippen molar-refractivity contribution >= 4 is 42.9 Å². The van der Waals surface area contributed by atoms with Crippen LogP contribution in [0.15, 0.2) is 73.4 Å². The van der Waals surface area contributed by atoms with Gasteiger partial charge in [-0.2, -0.15) is 14.5 Å². The third kappa shape index (κ3) is 4.62. The molecule has 3 N–H and O–H groups in total. The molecule has 0 bridgehead atoms. The van der Waals surface area contributed by atoms with Crippen LogP contribution in [0.2, 0.25) is 0 Å². The van der Waals surface area contributed by atoms with Gasteiger partial charge in [0, 0.05) is 52.6 Å². The quantitative estimate of drug-likeness (QED) is 0.251. The van der Waals surface area contributed by atoms with Gasteiger partial charge in [-0.05, 0) is 59.8 Å². The summed E-state index contributed by atoms with van der Waals surface area (Å²) < 4.78 is 17.9. The summed E-state index contributed by atoms with van der Waals surface area (Å²) in [7, 11) is -1.42. The molecular formula is C28H24FN7S. The summed E-state index contributed by atoms with van der Waals surface area (Å²) in [5.74, 6) is 7.76. The molecule has 4 aromatic heterocycles. The lowest BCUT2D eigenvalue weighted by atomic mass is 10.0. The van der Waals surface area contributed by atoms with Crippen molar-refractivity contribution in [3.8, 4) is 33.8 Å². The van der Waals surface area contributed by atoms with E-state index in [0.717, 1.165) is 49.9 Å². The second kappa shape index (κ2) is 8.95. The fraction of sp³-hybridized carbons (Fsp3) is 0.0714. The highest BCUT2D eigenvalue weighted by Crippen LogP contribution is 2.34. The maximum Gasteiger partial charge on any atom is 0.124 e. The van der Waals surface area contributed by atoms with E-state index in [2.05, 4.69) is 52.7 Å². The lowest BCUT2D eigenvalue weighted by Crippen LogP contribution is -2.08. The Bertz CT molecular complexity index is 1870. The van der Waals surface area contributed by atoms with E-state index in [4.69, 9.17) is 0 Å². The molecule has 0 atom stereocenters. The van der Waals surface area contributed by atoms with E-state index in [0.29, 0.717) is 17.8 Å². The molecule has 0 radical (unpaired) electrons. The summed E-state index contributed by atoms with van der Waals surface area (Å²) in [5.41, 5.74) is 7.56. The number of hydrogen-bond donors (Lipinski definition) is 3. The zero-order chi connectivity index (χ0) is 25.6. The van der Waals surface area contributed by atoms with Gasteiger partial charge in [-0.15, -0.1) is 0 Å². The van der Waals surface area contributed by atoms with Crippen molar-refractivity contribution in [1.29, 1.82) is 0 Å². The van der Waals surface area contributed by atoms with Crippen molar-refractivity contribution in [3.63, 3.8) is 0 Å². The normalized spacial score (nSPS) is 11.9. The zero-order valence-electron chi connectivity index (χ0n) is 20.1. The van der Waals surface area contributed by atoms with Gasteiger partial charge in [-0.25, -0.2) is 14.4 Å². The first kappa shape index (κ1) is 23.1. The number of pyridine rings is 1. The van der Waals surface area contributed by atoms with Gasteiger partial charge in [-0.1, -0.05) is 17.8 Å². The van der Waals surface area contributed by atoms with Crippen molar-refractivity contribution in [3.05, 3.63) is 84.8 Å². The average molecular weight is 510 g/mol. The molecule has 6 aromatic rings. The van der Waals surface area contributed by atoms with Crippen LogP contribution in [-0.4, -0.2) is 48.1 Å². The van der Waals surface area contributed by atoms with Crippen LogP contribution in [0.3, 0.4) is 0 Å². The Morgan fingerprint density at radius 3 is 2.51 bits per heavy atom. The smallest absolute Gasteiger partial charge is 0.124 e. The second-order valence-electron chi connectivity index (χ2n) is 9.21. The van der Waals surface area contributed by atoms with Gasteiger partial charge in [0.15, 0.2) is 0 Å². The van der Waals surface area contributed by atoms with Crippen LogP contribution in [0.5, 0.6) is 0 Å². The highest BCUT2D eigenvalue weighted by molar-refractivity contribution is 8.25. The molecular weight excluding hydrogens is 485 g/mol. The van der Waals surface area contributed by atoms with Crippen molar-refractivity contribution in [2.45, 2.75) is 6.54 Å². The maximum atomic E-state index is 14.6. The molecule has 7 nitrogen and oxygen atoms in total.